The second-order valence-electron chi connectivity index (χ2n) is 9.83. The first-order valence-electron chi connectivity index (χ1n) is 12.8. The van der Waals surface area contributed by atoms with Gasteiger partial charge in [0.1, 0.15) is 0 Å². The van der Waals surface area contributed by atoms with Crippen molar-refractivity contribution in [2.24, 2.45) is 0 Å². The number of aliphatic hydroxyl groups is 1. The number of hydrogen-bond donors (Lipinski definition) is 1. The van der Waals surface area contributed by atoms with Crippen LogP contribution >= 0.6 is 23.2 Å². The monoisotopic (exact) mass is 611 g/mol. The van der Waals surface area contributed by atoms with Crippen LogP contribution < -0.4 is 4.74 Å². The minimum absolute atomic E-state index is 0.0492. The molecule has 212 valence electrons. The number of aldehydes is 1. The fourth-order valence-electron chi connectivity index (χ4n) is 4.98. The number of carbonyl (C=O) groups is 1. The molecule has 2 aromatic heterocycles. The van der Waals surface area contributed by atoms with Crippen LogP contribution in [-0.2, 0) is 16.4 Å². The molecule has 4 aromatic rings. The van der Waals surface area contributed by atoms with Crippen molar-refractivity contribution >= 4 is 39.3 Å². The number of methoxy groups -OCH3 is 1. The van der Waals surface area contributed by atoms with E-state index in [9.17, 15) is 18.3 Å². The lowest BCUT2D eigenvalue weighted by molar-refractivity contribution is 0.111. The number of aliphatic hydroxyl groups excluding tert-OH is 1. The van der Waals surface area contributed by atoms with Gasteiger partial charge >= 0.3 is 0 Å². The largest absolute Gasteiger partial charge is 0.480 e. The molecule has 41 heavy (non-hydrogen) atoms. The molecule has 0 radical (unpaired) electrons. The van der Waals surface area contributed by atoms with Gasteiger partial charge in [-0.3, -0.25) is 14.7 Å². The first kappa shape index (κ1) is 29.2. The Kier molecular flexibility index (Phi) is 8.45. The molecule has 8 nitrogen and oxygen atoms in total. The highest BCUT2D eigenvalue weighted by molar-refractivity contribution is 7.91. The Labute approximate surface area is 248 Å². The number of sulfone groups is 1. The number of pyridine rings is 2. The van der Waals surface area contributed by atoms with Crippen LogP contribution in [0.4, 0.5) is 0 Å². The Morgan fingerprint density at radius 3 is 2.56 bits per heavy atom. The average molecular weight is 613 g/mol. The molecule has 1 atom stereocenters. The number of hydrogen-bond acceptors (Lipinski definition) is 8. The summed E-state index contributed by atoms with van der Waals surface area (Å²) in [6.45, 7) is 2.81. The van der Waals surface area contributed by atoms with Crippen molar-refractivity contribution < 1.29 is 23.1 Å². The van der Waals surface area contributed by atoms with Crippen molar-refractivity contribution in [1.82, 2.24) is 14.9 Å². The molecule has 3 heterocycles. The van der Waals surface area contributed by atoms with Crippen molar-refractivity contribution in [3.8, 4) is 39.5 Å². The number of aromatic nitrogens is 2. The predicted octanol–water partition coefficient (Wildman–Crippen LogP) is 5.58. The third-order valence-electron chi connectivity index (χ3n) is 6.93. The molecule has 0 fully saturated rings. The molecule has 0 spiro atoms. The fourth-order valence-corrected chi connectivity index (χ4v) is 7.18. The van der Waals surface area contributed by atoms with Gasteiger partial charge in [0.2, 0.25) is 5.88 Å². The molecule has 0 saturated heterocycles. The molecule has 0 bridgehead atoms. The van der Waals surface area contributed by atoms with Gasteiger partial charge in [0, 0.05) is 48.1 Å². The summed E-state index contributed by atoms with van der Waals surface area (Å²) in [5, 5.41) is 10.5. The summed E-state index contributed by atoms with van der Waals surface area (Å²) in [6, 6.07) is 15.7. The van der Waals surface area contributed by atoms with Gasteiger partial charge in [-0.2, -0.15) is 0 Å². The van der Waals surface area contributed by atoms with Gasteiger partial charge in [-0.1, -0.05) is 53.5 Å². The first-order valence-corrected chi connectivity index (χ1v) is 15.2. The van der Waals surface area contributed by atoms with Crippen molar-refractivity contribution in [1.29, 1.82) is 0 Å². The Morgan fingerprint density at radius 1 is 1.07 bits per heavy atom. The highest BCUT2D eigenvalue weighted by Crippen LogP contribution is 2.42. The summed E-state index contributed by atoms with van der Waals surface area (Å²) in [4.78, 5) is 22.4. The summed E-state index contributed by atoms with van der Waals surface area (Å²) in [6.07, 6.45) is 1.71. The molecular formula is C30H27Cl2N3O5S. The Hall–Kier alpha value is -3.34. The highest BCUT2D eigenvalue weighted by atomic mass is 35.5. The lowest BCUT2D eigenvalue weighted by Crippen LogP contribution is -2.32. The fraction of sp³-hybridized carbons (Fsp3) is 0.233. The van der Waals surface area contributed by atoms with Crippen LogP contribution in [-0.4, -0.2) is 66.7 Å². The van der Waals surface area contributed by atoms with Gasteiger partial charge in [-0.05, 0) is 36.8 Å². The smallest absolute Gasteiger partial charge is 0.224 e. The molecule has 1 aliphatic heterocycles. The number of rotatable bonds is 7. The van der Waals surface area contributed by atoms with E-state index >= 15 is 0 Å². The third kappa shape index (κ3) is 5.86. The number of halogens is 2. The van der Waals surface area contributed by atoms with E-state index in [0.29, 0.717) is 80.7 Å². The molecule has 1 N–H and O–H groups in total. The van der Waals surface area contributed by atoms with Crippen molar-refractivity contribution in [2.75, 3.05) is 26.0 Å². The maximum Gasteiger partial charge on any atom is 0.224 e. The second-order valence-corrected chi connectivity index (χ2v) is 12.7. The van der Waals surface area contributed by atoms with Crippen molar-refractivity contribution in [3.05, 3.63) is 82.0 Å². The number of fused-ring (bicyclic) bond motifs is 1. The molecule has 0 unspecified atom stereocenters. The standard InChI is InChI=1S/C30H27Cl2N3O5S/c1-18(37)15-35-12-13-41(38,39)26-14-19(6-7-20(26)16-35)29-28(32)23(10-11-33-29)22-4-3-5-24(27(22)31)25-9-8-21(17-36)30(34-25)40-2/h3-11,14,17-18,37H,12-13,15-16H2,1-2H3/t18-/m0/s1. The number of carbonyl (C=O) groups excluding carboxylic acids is 1. The van der Waals surface area contributed by atoms with Gasteiger partial charge in [0.25, 0.3) is 0 Å². The predicted molar refractivity (Wildman–Crippen MR) is 159 cm³/mol. The molecule has 0 aliphatic carbocycles. The number of β-amino-alcohol motifs (C(OH)–C–C–N with tert-alkyl or cyclic N) is 1. The van der Waals surface area contributed by atoms with Crippen LogP contribution in [0.1, 0.15) is 22.8 Å². The summed E-state index contributed by atoms with van der Waals surface area (Å²) in [5.74, 6) is 0.141. The summed E-state index contributed by atoms with van der Waals surface area (Å²) >= 11 is 13.8. The molecule has 0 amide bonds. The molecule has 11 heteroatoms. The zero-order valence-electron chi connectivity index (χ0n) is 22.3. The van der Waals surface area contributed by atoms with E-state index in [-0.39, 0.29) is 16.5 Å². The van der Waals surface area contributed by atoms with E-state index in [4.69, 9.17) is 27.9 Å². The van der Waals surface area contributed by atoms with Crippen LogP contribution in [0.2, 0.25) is 10.0 Å². The van der Waals surface area contributed by atoms with Crippen molar-refractivity contribution in [2.45, 2.75) is 24.5 Å². The maximum absolute atomic E-state index is 13.2. The van der Waals surface area contributed by atoms with E-state index < -0.39 is 15.9 Å². The zero-order valence-corrected chi connectivity index (χ0v) is 24.7. The minimum atomic E-state index is -3.56. The number of nitrogens with zero attached hydrogens (tertiary/aromatic N) is 3. The molecule has 2 aromatic carbocycles. The van der Waals surface area contributed by atoms with Crippen LogP contribution in [0.5, 0.6) is 5.88 Å². The van der Waals surface area contributed by atoms with Gasteiger partial charge in [0.15, 0.2) is 16.1 Å². The number of ether oxygens (including phenoxy) is 1. The SMILES string of the molecule is COc1nc(-c2cccc(-c3ccnc(-c4ccc5c(c4)S(=O)(=O)CCN(C[C@H](C)O)C5)c3Cl)c2Cl)ccc1C=O. The van der Waals surface area contributed by atoms with Crippen LogP contribution in [0.3, 0.4) is 0 Å². The van der Waals surface area contributed by atoms with E-state index in [1.54, 1.807) is 49.5 Å². The van der Waals surface area contributed by atoms with Crippen LogP contribution in [0.15, 0.2) is 65.7 Å². The maximum atomic E-state index is 13.2. The van der Waals surface area contributed by atoms with Gasteiger partial charge in [0.05, 0.1) is 50.9 Å². The summed E-state index contributed by atoms with van der Waals surface area (Å²) in [5.41, 5.74) is 4.35. The number of benzene rings is 2. The third-order valence-corrected chi connectivity index (χ3v) is 9.49. The van der Waals surface area contributed by atoms with Crippen LogP contribution in [0.25, 0.3) is 33.6 Å². The summed E-state index contributed by atoms with van der Waals surface area (Å²) in [7, 11) is -2.12. The van der Waals surface area contributed by atoms with E-state index in [0.717, 1.165) is 0 Å². The molecule has 0 saturated carbocycles. The zero-order chi connectivity index (χ0) is 29.3. The van der Waals surface area contributed by atoms with E-state index in [1.165, 1.54) is 7.11 Å². The topological polar surface area (TPSA) is 110 Å². The highest BCUT2D eigenvalue weighted by Gasteiger charge is 2.27. The lowest BCUT2D eigenvalue weighted by atomic mass is 9.99. The second kappa shape index (κ2) is 11.9. The molecule has 5 rings (SSSR count). The van der Waals surface area contributed by atoms with E-state index in [2.05, 4.69) is 9.97 Å². The Morgan fingerprint density at radius 2 is 1.83 bits per heavy atom. The quantitative estimate of drug-likeness (QED) is 0.270. The summed E-state index contributed by atoms with van der Waals surface area (Å²) < 4.78 is 31.6. The molecular weight excluding hydrogens is 585 g/mol. The van der Waals surface area contributed by atoms with Crippen molar-refractivity contribution in [3.63, 3.8) is 0 Å². The van der Waals surface area contributed by atoms with Crippen LogP contribution in [0, 0.1) is 0 Å². The lowest BCUT2D eigenvalue weighted by Gasteiger charge is -2.21. The Bertz CT molecular complexity index is 1740. The van der Waals surface area contributed by atoms with E-state index in [1.807, 2.05) is 23.1 Å². The van der Waals surface area contributed by atoms with Gasteiger partial charge in [-0.15, -0.1) is 0 Å². The Balaban J connectivity index is 1.57. The first-order chi connectivity index (χ1) is 19.6. The van der Waals surface area contributed by atoms with Gasteiger partial charge < -0.3 is 9.84 Å². The van der Waals surface area contributed by atoms with Gasteiger partial charge in [-0.25, -0.2) is 13.4 Å². The molecule has 1 aliphatic rings. The average Bonchev–Trinajstić information content (AvgIpc) is 3.08. The minimum Gasteiger partial charge on any atom is -0.480 e. The normalized spacial score (nSPS) is 15.5.